The third-order valence-corrected chi connectivity index (χ3v) is 9.67. The average molecular weight is 583 g/mol. The van der Waals surface area contributed by atoms with Gasteiger partial charge in [-0.1, -0.05) is 140 Å². The van der Waals surface area contributed by atoms with Crippen molar-refractivity contribution in [3.8, 4) is 33.5 Å². The zero-order valence-electron chi connectivity index (χ0n) is 24.9. The molecule has 0 aliphatic heterocycles. The molecule has 0 aliphatic carbocycles. The molecule has 2 aromatic heterocycles. The number of pyridine rings is 2. The highest BCUT2D eigenvalue weighted by atomic mass is 14.8. The predicted molar refractivity (Wildman–Crippen MR) is 195 cm³/mol. The highest BCUT2D eigenvalue weighted by Gasteiger charge is 2.17. The summed E-state index contributed by atoms with van der Waals surface area (Å²) >= 11 is 0. The molecular weight excluding hydrogens is 556 g/mol. The average Bonchev–Trinajstić information content (AvgIpc) is 3.13. The van der Waals surface area contributed by atoms with Crippen molar-refractivity contribution in [2.45, 2.75) is 0 Å². The Kier molecular flexibility index (Phi) is 5.31. The number of nitrogens with zero attached hydrogens (tertiary/aromatic N) is 2. The lowest BCUT2D eigenvalue weighted by atomic mass is 9.86. The van der Waals surface area contributed by atoms with Crippen LogP contribution in [-0.4, -0.2) is 9.97 Å². The van der Waals surface area contributed by atoms with E-state index in [0.29, 0.717) is 0 Å². The summed E-state index contributed by atoms with van der Waals surface area (Å²) in [6.07, 6.45) is 1.85. The van der Waals surface area contributed by atoms with Gasteiger partial charge in [0.2, 0.25) is 0 Å². The zero-order chi connectivity index (χ0) is 30.2. The van der Waals surface area contributed by atoms with E-state index in [4.69, 9.17) is 4.98 Å². The fourth-order valence-corrected chi connectivity index (χ4v) is 7.54. The van der Waals surface area contributed by atoms with E-state index in [9.17, 15) is 0 Å². The number of fused-ring (bicyclic) bond motifs is 4. The first-order chi connectivity index (χ1) is 22.8. The molecular formula is C44H26N2. The van der Waals surface area contributed by atoms with E-state index < -0.39 is 0 Å². The van der Waals surface area contributed by atoms with E-state index in [0.717, 1.165) is 33.1 Å². The van der Waals surface area contributed by atoms with Gasteiger partial charge in [0.15, 0.2) is 0 Å². The van der Waals surface area contributed by atoms with Crippen LogP contribution in [0.4, 0.5) is 0 Å². The van der Waals surface area contributed by atoms with Crippen molar-refractivity contribution in [2.75, 3.05) is 0 Å². The van der Waals surface area contributed by atoms with Crippen molar-refractivity contribution < 1.29 is 0 Å². The van der Waals surface area contributed by atoms with Gasteiger partial charge in [-0.15, -0.1) is 0 Å². The largest absolute Gasteiger partial charge is 0.254 e. The van der Waals surface area contributed by atoms with Crippen molar-refractivity contribution in [1.29, 1.82) is 0 Å². The first kappa shape index (κ1) is 25.2. The van der Waals surface area contributed by atoms with Gasteiger partial charge in [0.1, 0.15) is 0 Å². The van der Waals surface area contributed by atoms with E-state index >= 15 is 0 Å². The lowest BCUT2D eigenvalue weighted by Gasteiger charge is -2.18. The molecule has 0 radical (unpaired) electrons. The number of benzene rings is 8. The Bertz CT molecular complexity index is 2800. The van der Waals surface area contributed by atoms with Gasteiger partial charge < -0.3 is 0 Å². The maximum Gasteiger partial charge on any atom is 0.0972 e. The number of rotatable bonds is 3. The smallest absolute Gasteiger partial charge is 0.0972 e. The van der Waals surface area contributed by atoms with E-state index in [-0.39, 0.29) is 0 Å². The van der Waals surface area contributed by atoms with Gasteiger partial charge in [0.05, 0.1) is 16.7 Å². The minimum atomic E-state index is 0.936. The quantitative estimate of drug-likeness (QED) is 0.194. The molecule has 0 atom stereocenters. The van der Waals surface area contributed by atoms with E-state index in [1.54, 1.807) is 0 Å². The second-order valence-electron chi connectivity index (χ2n) is 12.1. The molecule has 2 nitrogen and oxygen atoms in total. The van der Waals surface area contributed by atoms with Crippen LogP contribution in [0.5, 0.6) is 0 Å². The number of hydrogen-bond donors (Lipinski definition) is 0. The van der Waals surface area contributed by atoms with Crippen molar-refractivity contribution >= 4 is 64.9 Å². The maximum atomic E-state index is 5.20. The second kappa shape index (κ2) is 9.69. The molecule has 8 aromatic carbocycles. The van der Waals surface area contributed by atoms with E-state index in [1.165, 1.54) is 65.3 Å². The van der Waals surface area contributed by atoms with Crippen LogP contribution >= 0.6 is 0 Å². The number of aromatic nitrogens is 2. The van der Waals surface area contributed by atoms with Gasteiger partial charge in [0, 0.05) is 22.5 Å². The van der Waals surface area contributed by atoms with Crippen molar-refractivity contribution in [3.05, 3.63) is 158 Å². The summed E-state index contributed by atoms with van der Waals surface area (Å²) in [7, 11) is 0. The Morgan fingerprint density at radius 1 is 0.326 bits per heavy atom. The maximum absolute atomic E-state index is 5.20. The summed E-state index contributed by atoms with van der Waals surface area (Å²) in [5.74, 6) is 0. The summed E-state index contributed by atoms with van der Waals surface area (Å²) in [5, 5.41) is 12.4. The highest BCUT2D eigenvalue weighted by molar-refractivity contribution is 6.28. The fourth-order valence-electron chi connectivity index (χ4n) is 7.54. The molecule has 0 saturated heterocycles. The molecule has 0 unspecified atom stereocenters. The predicted octanol–water partition coefficient (Wildman–Crippen LogP) is 11.8. The Balaban J connectivity index is 1.21. The summed E-state index contributed by atoms with van der Waals surface area (Å²) in [6.45, 7) is 0. The molecule has 10 rings (SSSR count). The van der Waals surface area contributed by atoms with Gasteiger partial charge in [-0.3, -0.25) is 4.98 Å². The van der Waals surface area contributed by atoms with Crippen LogP contribution in [0.25, 0.3) is 98.4 Å². The first-order valence-electron chi connectivity index (χ1n) is 15.7. The molecule has 0 saturated carbocycles. The molecule has 2 heterocycles. The molecule has 0 bridgehead atoms. The normalized spacial score (nSPS) is 11.9. The molecule has 2 heteroatoms. The fraction of sp³-hybridized carbons (Fsp3) is 0. The minimum absolute atomic E-state index is 0.936. The zero-order valence-corrected chi connectivity index (χ0v) is 24.9. The van der Waals surface area contributed by atoms with Gasteiger partial charge in [-0.05, 0) is 77.5 Å². The summed E-state index contributed by atoms with van der Waals surface area (Å²) in [4.78, 5) is 9.89. The van der Waals surface area contributed by atoms with Crippen LogP contribution in [-0.2, 0) is 0 Å². The molecule has 0 aliphatic rings. The van der Waals surface area contributed by atoms with Crippen molar-refractivity contribution in [2.24, 2.45) is 0 Å². The van der Waals surface area contributed by atoms with Gasteiger partial charge >= 0.3 is 0 Å². The molecule has 0 N–H and O–H groups in total. The molecule has 0 fully saturated rings. The second-order valence-corrected chi connectivity index (χ2v) is 12.1. The van der Waals surface area contributed by atoms with Gasteiger partial charge in [-0.2, -0.15) is 0 Å². The SMILES string of the molecule is c1ccc(-c2ccc3ccc4c(-c5ccc(-c6ccc7ccc8cccnc8c7n6)c6ccccc56)ccc5ccc2c3c54)cc1. The number of hydrogen-bond acceptors (Lipinski definition) is 2. The Morgan fingerprint density at radius 3 is 1.65 bits per heavy atom. The van der Waals surface area contributed by atoms with E-state index in [1.807, 2.05) is 12.3 Å². The molecule has 0 amide bonds. The van der Waals surface area contributed by atoms with Crippen LogP contribution in [0.2, 0.25) is 0 Å². The summed E-state index contributed by atoms with van der Waals surface area (Å²) in [6, 6.07) is 54.9. The van der Waals surface area contributed by atoms with Crippen molar-refractivity contribution in [3.63, 3.8) is 0 Å². The van der Waals surface area contributed by atoms with Crippen LogP contribution in [0.3, 0.4) is 0 Å². The van der Waals surface area contributed by atoms with Crippen molar-refractivity contribution in [1.82, 2.24) is 9.97 Å². The summed E-state index contributed by atoms with van der Waals surface area (Å²) < 4.78 is 0. The van der Waals surface area contributed by atoms with Crippen LogP contribution in [0.15, 0.2) is 158 Å². The Labute approximate surface area is 265 Å². The Hall–Kier alpha value is -6.12. The lowest BCUT2D eigenvalue weighted by molar-refractivity contribution is 1.37. The molecule has 10 aromatic rings. The first-order valence-corrected chi connectivity index (χ1v) is 15.7. The monoisotopic (exact) mass is 582 g/mol. The highest BCUT2D eigenvalue weighted by Crippen LogP contribution is 2.44. The molecule has 212 valence electrons. The van der Waals surface area contributed by atoms with Crippen LogP contribution in [0, 0.1) is 0 Å². The van der Waals surface area contributed by atoms with Crippen LogP contribution in [0.1, 0.15) is 0 Å². The van der Waals surface area contributed by atoms with Crippen LogP contribution < -0.4 is 0 Å². The lowest BCUT2D eigenvalue weighted by Crippen LogP contribution is -1.92. The third kappa shape index (κ3) is 3.65. The third-order valence-electron chi connectivity index (χ3n) is 9.67. The standard InChI is InChI=1S/C44H26N2/c1-2-7-27(8-3-1)32-19-14-28-17-22-39-36(20-15-29-16-21-38(32)41(28)42(29)39)35-23-24-37(34-11-5-4-10-33(34)35)40-25-18-31-13-12-30-9-6-26-45-43(30)44(31)46-40/h1-26H. The van der Waals surface area contributed by atoms with Gasteiger partial charge in [-0.25, -0.2) is 4.98 Å². The van der Waals surface area contributed by atoms with Gasteiger partial charge in [0.25, 0.3) is 0 Å². The molecule has 46 heavy (non-hydrogen) atoms. The van der Waals surface area contributed by atoms with E-state index in [2.05, 4.69) is 151 Å². The molecule has 0 spiro atoms. The minimum Gasteiger partial charge on any atom is -0.254 e. The Morgan fingerprint density at radius 2 is 0.870 bits per heavy atom. The summed E-state index contributed by atoms with van der Waals surface area (Å²) in [5.41, 5.74) is 8.95. The topological polar surface area (TPSA) is 25.8 Å².